The van der Waals surface area contributed by atoms with Gasteiger partial charge in [0, 0.05) is 0 Å². The van der Waals surface area contributed by atoms with Crippen molar-refractivity contribution in [3.8, 4) is 0 Å². The minimum Gasteiger partial charge on any atom is -0.360 e. The third-order valence-corrected chi connectivity index (χ3v) is 3.38. The summed E-state index contributed by atoms with van der Waals surface area (Å²) in [5.41, 5.74) is 3.06. The molecule has 0 amide bonds. The van der Waals surface area contributed by atoms with E-state index >= 15 is 0 Å². The zero-order valence-corrected chi connectivity index (χ0v) is 10.8. The summed E-state index contributed by atoms with van der Waals surface area (Å²) in [5, 5.41) is 0. The summed E-state index contributed by atoms with van der Waals surface area (Å²) >= 11 is 0. The van der Waals surface area contributed by atoms with Gasteiger partial charge in [0.05, 0.1) is 0 Å². The van der Waals surface area contributed by atoms with Crippen LogP contribution in [0.4, 0.5) is 0 Å². The van der Waals surface area contributed by atoms with Crippen molar-refractivity contribution in [2.75, 3.05) is 0 Å². The third-order valence-electron chi connectivity index (χ3n) is 3.38. The van der Waals surface area contributed by atoms with Gasteiger partial charge in [-0.2, -0.15) is 0 Å². The summed E-state index contributed by atoms with van der Waals surface area (Å²) in [7, 11) is 0. The van der Waals surface area contributed by atoms with E-state index in [0.29, 0.717) is 12.2 Å². The minimum absolute atomic E-state index is 0.260. The number of hydrogen-bond acceptors (Lipinski definition) is 1. The molecular weight excluding hydrogens is 196 g/mol. The molecule has 2 atom stereocenters. The van der Waals surface area contributed by atoms with Gasteiger partial charge in [0.1, 0.15) is 12.2 Å². The van der Waals surface area contributed by atoms with E-state index in [9.17, 15) is 0 Å². The van der Waals surface area contributed by atoms with E-state index in [1.807, 2.05) is 0 Å². The molecule has 0 aromatic carbocycles. The summed E-state index contributed by atoms with van der Waals surface area (Å²) in [4.78, 5) is 0. The van der Waals surface area contributed by atoms with Gasteiger partial charge in [-0.05, 0) is 37.7 Å². The normalized spacial score (nSPS) is 41.8. The van der Waals surface area contributed by atoms with Crippen molar-refractivity contribution in [1.29, 1.82) is 0 Å². The molecule has 1 heteroatoms. The average molecular weight is 218 g/mol. The summed E-state index contributed by atoms with van der Waals surface area (Å²) in [5.74, 6) is 0. The molecule has 2 aliphatic rings. The van der Waals surface area contributed by atoms with Crippen molar-refractivity contribution < 1.29 is 4.74 Å². The Bertz CT molecular complexity index is 358. The quantitative estimate of drug-likeness (QED) is 0.442. The molecular formula is C15H22O. The molecule has 0 bridgehead atoms. The van der Waals surface area contributed by atoms with Gasteiger partial charge in [0.2, 0.25) is 0 Å². The lowest BCUT2D eigenvalue weighted by atomic mass is 9.87. The molecule has 0 N–H and O–H groups in total. The van der Waals surface area contributed by atoms with Crippen molar-refractivity contribution in [2.45, 2.75) is 52.7 Å². The number of ether oxygens (including phenoxy) is 1. The van der Waals surface area contributed by atoms with Gasteiger partial charge in [0.15, 0.2) is 0 Å². The first kappa shape index (κ1) is 11.7. The first-order chi connectivity index (χ1) is 7.48. The Labute approximate surface area is 98.9 Å². The van der Waals surface area contributed by atoms with Crippen LogP contribution in [0.25, 0.3) is 0 Å². The summed E-state index contributed by atoms with van der Waals surface area (Å²) in [6.07, 6.45) is 12.1. The highest BCUT2D eigenvalue weighted by atomic mass is 16.6. The Morgan fingerprint density at radius 1 is 1.31 bits per heavy atom. The second kappa shape index (κ2) is 4.21. The topological polar surface area (TPSA) is 12.5 Å². The zero-order chi connectivity index (χ0) is 11.8. The second-order valence-corrected chi connectivity index (χ2v) is 5.78. The van der Waals surface area contributed by atoms with Gasteiger partial charge in [-0.1, -0.05) is 43.7 Å². The van der Waals surface area contributed by atoms with Crippen LogP contribution in [0.15, 0.2) is 35.5 Å². The van der Waals surface area contributed by atoms with Crippen molar-refractivity contribution in [3.05, 3.63) is 35.5 Å². The molecule has 0 aromatic heterocycles. The SMILES string of the molecule is C/C1=C\C2OC2/C(C)=C/CC(C)(C)/C=C/C1. The van der Waals surface area contributed by atoms with Crippen LogP contribution in [0.5, 0.6) is 0 Å². The van der Waals surface area contributed by atoms with E-state index in [4.69, 9.17) is 4.74 Å². The maximum absolute atomic E-state index is 5.67. The fourth-order valence-electron chi connectivity index (χ4n) is 2.14. The molecule has 16 heavy (non-hydrogen) atoms. The molecule has 0 aromatic rings. The van der Waals surface area contributed by atoms with E-state index < -0.39 is 0 Å². The van der Waals surface area contributed by atoms with Crippen LogP contribution in [0.1, 0.15) is 40.5 Å². The number of allylic oxidation sites excluding steroid dienone is 4. The highest BCUT2D eigenvalue weighted by Gasteiger charge is 2.38. The first-order valence-corrected chi connectivity index (χ1v) is 6.15. The Morgan fingerprint density at radius 2 is 2.06 bits per heavy atom. The van der Waals surface area contributed by atoms with Crippen molar-refractivity contribution in [2.24, 2.45) is 5.41 Å². The third kappa shape index (κ3) is 2.85. The number of epoxide rings is 1. The van der Waals surface area contributed by atoms with Gasteiger partial charge in [-0.3, -0.25) is 0 Å². The van der Waals surface area contributed by atoms with Crippen LogP contribution >= 0.6 is 0 Å². The predicted molar refractivity (Wildman–Crippen MR) is 68.3 cm³/mol. The lowest BCUT2D eigenvalue weighted by molar-refractivity contribution is 0.404. The van der Waals surface area contributed by atoms with Crippen LogP contribution in [-0.2, 0) is 4.74 Å². The average Bonchev–Trinajstić information content (AvgIpc) is 2.92. The van der Waals surface area contributed by atoms with E-state index in [1.165, 1.54) is 11.1 Å². The largest absolute Gasteiger partial charge is 0.360 e. The van der Waals surface area contributed by atoms with Crippen LogP contribution < -0.4 is 0 Å². The molecule has 1 aliphatic carbocycles. The molecule has 88 valence electrons. The molecule has 1 saturated heterocycles. The standard InChI is InChI=1S/C15H22O/c1-11-6-5-8-15(3,4)9-7-12(2)14-13(10-11)16-14/h5,7-8,10,13-14H,6,9H2,1-4H3/b8-5+,11-10+,12-7+. The molecule has 2 rings (SSSR count). The maximum atomic E-state index is 5.67. The first-order valence-electron chi connectivity index (χ1n) is 6.15. The zero-order valence-electron chi connectivity index (χ0n) is 10.8. The maximum Gasteiger partial charge on any atom is 0.109 e. The van der Waals surface area contributed by atoms with Crippen molar-refractivity contribution >= 4 is 0 Å². The van der Waals surface area contributed by atoms with Gasteiger partial charge in [-0.25, -0.2) is 0 Å². The summed E-state index contributed by atoms with van der Waals surface area (Å²) < 4.78 is 5.67. The lowest BCUT2D eigenvalue weighted by Crippen LogP contribution is -2.06. The molecule has 0 saturated carbocycles. The highest BCUT2D eigenvalue weighted by Crippen LogP contribution is 2.34. The molecule has 0 radical (unpaired) electrons. The van der Waals surface area contributed by atoms with Crippen molar-refractivity contribution in [1.82, 2.24) is 0 Å². The smallest absolute Gasteiger partial charge is 0.109 e. The molecule has 1 heterocycles. The van der Waals surface area contributed by atoms with E-state index in [-0.39, 0.29) is 5.41 Å². The second-order valence-electron chi connectivity index (χ2n) is 5.78. The van der Waals surface area contributed by atoms with Crippen LogP contribution in [0, 0.1) is 5.41 Å². The Hall–Kier alpha value is -0.820. The Kier molecular flexibility index (Phi) is 3.07. The number of rotatable bonds is 0. The molecule has 1 nitrogen and oxygen atoms in total. The number of fused-ring (bicyclic) bond motifs is 1. The van der Waals surface area contributed by atoms with Crippen LogP contribution in [-0.4, -0.2) is 12.2 Å². The van der Waals surface area contributed by atoms with Crippen molar-refractivity contribution in [3.63, 3.8) is 0 Å². The molecule has 1 aliphatic heterocycles. The Morgan fingerprint density at radius 3 is 2.81 bits per heavy atom. The van der Waals surface area contributed by atoms with E-state index in [2.05, 4.69) is 52.0 Å². The lowest BCUT2D eigenvalue weighted by Gasteiger charge is -2.18. The van der Waals surface area contributed by atoms with E-state index in [1.54, 1.807) is 0 Å². The number of hydrogen-bond donors (Lipinski definition) is 0. The summed E-state index contributed by atoms with van der Waals surface area (Å²) in [6, 6.07) is 0. The molecule has 2 unspecified atom stereocenters. The van der Waals surface area contributed by atoms with Gasteiger partial charge >= 0.3 is 0 Å². The van der Waals surface area contributed by atoms with Gasteiger partial charge in [-0.15, -0.1) is 0 Å². The fraction of sp³-hybridized carbons (Fsp3) is 0.600. The van der Waals surface area contributed by atoms with Crippen LogP contribution in [0.3, 0.4) is 0 Å². The molecule has 0 spiro atoms. The summed E-state index contributed by atoms with van der Waals surface area (Å²) in [6.45, 7) is 8.95. The monoisotopic (exact) mass is 218 g/mol. The highest BCUT2D eigenvalue weighted by molar-refractivity contribution is 5.24. The Balaban J connectivity index is 2.20. The molecule has 1 fully saturated rings. The predicted octanol–water partition coefficient (Wildman–Crippen LogP) is 4.02. The fourth-order valence-corrected chi connectivity index (χ4v) is 2.14. The minimum atomic E-state index is 0.260. The van der Waals surface area contributed by atoms with E-state index in [0.717, 1.165) is 12.8 Å². The van der Waals surface area contributed by atoms with Gasteiger partial charge < -0.3 is 4.74 Å². The van der Waals surface area contributed by atoms with Gasteiger partial charge in [0.25, 0.3) is 0 Å². The van der Waals surface area contributed by atoms with Crippen LogP contribution in [0.2, 0.25) is 0 Å².